The Labute approximate surface area is 158 Å². The lowest BCUT2D eigenvalue weighted by molar-refractivity contribution is 0.456. The maximum atomic E-state index is 6.04. The first-order chi connectivity index (χ1) is 13.4. The fraction of sp³-hybridized carbons (Fsp3) is 0.0870. The molecule has 0 aliphatic rings. The first-order valence-corrected chi connectivity index (χ1v) is 8.87. The summed E-state index contributed by atoms with van der Waals surface area (Å²) in [5.41, 5.74) is 3.41. The van der Waals surface area contributed by atoms with E-state index in [9.17, 15) is 0 Å². The topological polar surface area (TPSA) is 47.9 Å². The van der Waals surface area contributed by atoms with Gasteiger partial charge < -0.3 is 4.74 Å². The van der Waals surface area contributed by atoms with E-state index in [4.69, 9.17) is 4.74 Å². The Balaban J connectivity index is 1.68. The highest BCUT2D eigenvalue weighted by Crippen LogP contribution is 2.32. The van der Waals surface area contributed by atoms with Gasteiger partial charge in [-0.15, -0.1) is 0 Å². The number of nitrogens with zero attached hydrogens (tertiary/aromatic N) is 3. The molecule has 0 unspecified atom stereocenters. The summed E-state index contributed by atoms with van der Waals surface area (Å²) in [6, 6.07) is 21.9. The molecule has 0 fully saturated rings. The molecule has 0 saturated carbocycles. The van der Waals surface area contributed by atoms with Gasteiger partial charge in [0, 0.05) is 43.0 Å². The summed E-state index contributed by atoms with van der Waals surface area (Å²) >= 11 is 0. The molecule has 3 heterocycles. The highest BCUT2D eigenvalue weighted by atomic mass is 16.5. The number of rotatable bonds is 6. The lowest BCUT2D eigenvalue weighted by Gasteiger charge is -2.19. The van der Waals surface area contributed by atoms with Crippen LogP contribution in [-0.4, -0.2) is 15.0 Å². The third-order valence-corrected chi connectivity index (χ3v) is 4.42. The molecular weight excluding hydrogens is 334 g/mol. The second kappa shape index (κ2) is 8.23. The van der Waals surface area contributed by atoms with Crippen molar-refractivity contribution in [3.8, 4) is 11.6 Å². The van der Waals surface area contributed by atoms with Crippen molar-refractivity contribution in [2.24, 2.45) is 0 Å². The van der Waals surface area contributed by atoms with E-state index in [-0.39, 0.29) is 5.92 Å². The Morgan fingerprint density at radius 1 is 0.704 bits per heavy atom. The molecule has 4 nitrogen and oxygen atoms in total. The monoisotopic (exact) mass is 353 g/mol. The van der Waals surface area contributed by atoms with Crippen LogP contribution in [-0.2, 0) is 6.42 Å². The molecule has 0 atom stereocenters. The summed E-state index contributed by atoms with van der Waals surface area (Å²) in [6.07, 6.45) is 9.93. The van der Waals surface area contributed by atoms with E-state index in [2.05, 4.69) is 33.2 Å². The van der Waals surface area contributed by atoms with E-state index in [0.717, 1.165) is 28.9 Å². The van der Waals surface area contributed by atoms with Crippen LogP contribution in [0.4, 0.5) is 0 Å². The molecule has 4 rings (SSSR count). The summed E-state index contributed by atoms with van der Waals surface area (Å²) in [4.78, 5) is 12.9. The van der Waals surface area contributed by atoms with E-state index < -0.39 is 0 Å². The van der Waals surface area contributed by atoms with Crippen LogP contribution < -0.4 is 4.74 Å². The molecule has 132 valence electrons. The van der Waals surface area contributed by atoms with Gasteiger partial charge in [0.15, 0.2) is 0 Å². The van der Waals surface area contributed by atoms with Crippen LogP contribution in [0.5, 0.6) is 11.6 Å². The van der Waals surface area contributed by atoms with Gasteiger partial charge in [-0.1, -0.05) is 36.4 Å². The van der Waals surface area contributed by atoms with Crippen LogP contribution in [0.15, 0.2) is 97.7 Å². The molecule has 4 heteroatoms. The van der Waals surface area contributed by atoms with E-state index >= 15 is 0 Å². The van der Waals surface area contributed by atoms with Gasteiger partial charge in [0.1, 0.15) is 5.75 Å². The number of hydrogen-bond donors (Lipinski definition) is 0. The van der Waals surface area contributed by atoms with Gasteiger partial charge in [-0.05, 0) is 47.4 Å². The quantitative estimate of drug-likeness (QED) is 0.487. The number of para-hydroxylation sites is 1. The van der Waals surface area contributed by atoms with Crippen molar-refractivity contribution in [2.45, 2.75) is 12.3 Å². The van der Waals surface area contributed by atoms with Gasteiger partial charge in [0.2, 0.25) is 5.88 Å². The number of aromatic nitrogens is 3. The number of pyridine rings is 3. The van der Waals surface area contributed by atoms with E-state index in [0.29, 0.717) is 5.88 Å². The predicted molar refractivity (Wildman–Crippen MR) is 105 cm³/mol. The number of ether oxygens (including phenoxy) is 1. The minimum absolute atomic E-state index is 0.140. The molecule has 4 aromatic rings. The first kappa shape index (κ1) is 16.9. The molecule has 0 spiro atoms. The third kappa shape index (κ3) is 4.18. The zero-order chi connectivity index (χ0) is 18.3. The Kier molecular flexibility index (Phi) is 5.16. The van der Waals surface area contributed by atoms with Crippen molar-refractivity contribution in [1.82, 2.24) is 15.0 Å². The molecule has 0 bridgehead atoms. The minimum Gasteiger partial charge on any atom is -0.439 e. The molecule has 27 heavy (non-hydrogen) atoms. The Morgan fingerprint density at radius 3 is 2.04 bits per heavy atom. The van der Waals surface area contributed by atoms with Crippen LogP contribution in [0.25, 0.3) is 0 Å². The van der Waals surface area contributed by atoms with Crippen molar-refractivity contribution >= 4 is 0 Å². The van der Waals surface area contributed by atoms with Crippen LogP contribution in [0.2, 0.25) is 0 Å². The molecule has 1 aromatic carbocycles. The molecule has 0 aliphatic carbocycles. The van der Waals surface area contributed by atoms with Gasteiger partial charge in [-0.25, -0.2) is 4.98 Å². The van der Waals surface area contributed by atoms with Crippen molar-refractivity contribution in [3.63, 3.8) is 0 Å². The van der Waals surface area contributed by atoms with Gasteiger partial charge in [-0.3, -0.25) is 9.97 Å². The largest absolute Gasteiger partial charge is 0.439 e. The highest BCUT2D eigenvalue weighted by Gasteiger charge is 2.18. The Hall–Kier alpha value is -3.53. The fourth-order valence-corrected chi connectivity index (χ4v) is 3.10. The van der Waals surface area contributed by atoms with E-state index in [1.807, 2.05) is 60.9 Å². The summed E-state index contributed by atoms with van der Waals surface area (Å²) < 4.78 is 6.04. The predicted octanol–water partition coefficient (Wildman–Crippen LogP) is 5.04. The lowest BCUT2D eigenvalue weighted by atomic mass is 9.87. The van der Waals surface area contributed by atoms with Gasteiger partial charge in [-0.2, -0.15) is 0 Å². The number of hydrogen-bond acceptors (Lipinski definition) is 4. The summed E-state index contributed by atoms with van der Waals surface area (Å²) in [5.74, 6) is 1.54. The standard InChI is InChI=1S/C23H19N3O/c1-2-10-22(27-23-11-3-4-14-26-23)18(7-1)15-21(19-8-5-12-24-16-19)20-9-6-13-25-17-20/h1-14,16-17,21H,15H2. The smallest absolute Gasteiger partial charge is 0.219 e. The molecule has 0 N–H and O–H groups in total. The zero-order valence-electron chi connectivity index (χ0n) is 14.8. The van der Waals surface area contributed by atoms with Crippen LogP contribution >= 0.6 is 0 Å². The van der Waals surface area contributed by atoms with Gasteiger partial charge in [0.25, 0.3) is 0 Å². The van der Waals surface area contributed by atoms with Gasteiger partial charge in [0.05, 0.1) is 0 Å². The normalized spacial score (nSPS) is 10.7. The molecular formula is C23H19N3O. The molecule has 0 aliphatic heterocycles. The molecule has 3 aromatic heterocycles. The van der Waals surface area contributed by atoms with Crippen LogP contribution in [0.3, 0.4) is 0 Å². The summed E-state index contributed by atoms with van der Waals surface area (Å²) in [5, 5.41) is 0. The minimum atomic E-state index is 0.140. The van der Waals surface area contributed by atoms with E-state index in [1.165, 1.54) is 0 Å². The maximum absolute atomic E-state index is 6.04. The van der Waals surface area contributed by atoms with Crippen LogP contribution in [0, 0.1) is 0 Å². The Bertz CT molecular complexity index is 936. The fourth-order valence-electron chi connectivity index (χ4n) is 3.10. The molecule has 0 saturated heterocycles. The SMILES string of the molecule is c1ccc(Oc2ccccc2CC(c2cccnc2)c2cccnc2)nc1. The second-order valence-electron chi connectivity index (χ2n) is 6.21. The maximum Gasteiger partial charge on any atom is 0.219 e. The highest BCUT2D eigenvalue weighted by molar-refractivity contribution is 5.40. The van der Waals surface area contributed by atoms with E-state index in [1.54, 1.807) is 18.6 Å². The number of benzene rings is 1. The van der Waals surface area contributed by atoms with Crippen molar-refractivity contribution in [1.29, 1.82) is 0 Å². The first-order valence-electron chi connectivity index (χ1n) is 8.87. The van der Waals surface area contributed by atoms with Crippen molar-refractivity contribution < 1.29 is 4.74 Å². The summed E-state index contributed by atoms with van der Waals surface area (Å²) in [7, 11) is 0. The summed E-state index contributed by atoms with van der Waals surface area (Å²) in [6.45, 7) is 0. The molecule has 0 radical (unpaired) electrons. The molecule has 0 amide bonds. The average molecular weight is 353 g/mol. The van der Waals surface area contributed by atoms with Crippen LogP contribution in [0.1, 0.15) is 22.6 Å². The van der Waals surface area contributed by atoms with Gasteiger partial charge >= 0.3 is 0 Å². The lowest BCUT2D eigenvalue weighted by Crippen LogP contribution is -2.07. The Morgan fingerprint density at radius 2 is 1.41 bits per heavy atom. The van der Waals surface area contributed by atoms with Crippen molar-refractivity contribution in [2.75, 3.05) is 0 Å². The second-order valence-corrected chi connectivity index (χ2v) is 6.21. The zero-order valence-corrected chi connectivity index (χ0v) is 14.8. The third-order valence-electron chi connectivity index (χ3n) is 4.42. The average Bonchev–Trinajstić information content (AvgIpc) is 2.75. The van der Waals surface area contributed by atoms with Crippen molar-refractivity contribution in [3.05, 3.63) is 114 Å².